The molecule has 1 amide bonds. The Labute approximate surface area is 198 Å². The molecule has 0 aliphatic rings. The molecule has 5 aromatic rings. The third-order valence-electron chi connectivity index (χ3n) is 5.08. The second-order valence-electron chi connectivity index (χ2n) is 7.30. The lowest BCUT2D eigenvalue weighted by Crippen LogP contribution is -2.23. The zero-order chi connectivity index (χ0) is 23.3. The van der Waals surface area contributed by atoms with Crippen LogP contribution in [0.25, 0.3) is 17.3 Å². The van der Waals surface area contributed by atoms with E-state index in [1.54, 1.807) is 55.0 Å². The van der Waals surface area contributed by atoms with Crippen LogP contribution in [0.1, 0.15) is 21.7 Å². The number of amides is 1. The van der Waals surface area contributed by atoms with Crippen LogP contribution < -0.4 is 5.32 Å². The highest BCUT2D eigenvalue weighted by Gasteiger charge is 2.19. The molecule has 0 aliphatic heterocycles. The van der Waals surface area contributed by atoms with Crippen molar-refractivity contribution in [2.45, 2.75) is 17.5 Å². The van der Waals surface area contributed by atoms with Gasteiger partial charge in [0.15, 0.2) is 10.9 Å². The fraction of sp³-hybridized carbons (Fsp3) is 0.0800. The third-order valence-corrected chi connectivity index (χ3v) is 6.06. The predicted octanol–water partition coefficient (Wildman–Crippen LogP) is 5.48. The zero-order valence-corrected chi connectivity index (χ0v) is 18.7. The first kappa shape index (κ1) is 21.7. The number of hydrogen-bond acceptors (Lipinski definition) is 6. The van der Waals surface area contributed by atoms with Gasteiger partial charge in [0.05, 0.1) is 24.8 Å². The van der Waals surface area contributed by atoms with Gasteiger partial charge in [0.2, 0.25) is 5.82 Å². The first-order valence-electron chi connectivity index (χ1n) is 10.5. The van der Waals surface area contributed by atoms with E-state index in [0.717, 1.165) is 5.56 Å². The lowest BCUT2D eigenvalue weighted by Gasteiger charge is -2.11. The molecule has 0 saturated carbocycles. The number of rotatable bonds is 8. The van der Waals surface area contributed by atoms with Crippen molar-refractivity contribution in [2.75, 3.05) is 0 Å². The van der Waals surface area contributed by atoms with Crippen LogP contribution in [0.5, 0.6) is 0 Å². The second-order valence-corrected chi connectivity index (χ2v) is 8.25. The van der Waals surface area contributed by atoms with Crippen molar-refractivity contribution < 1.29 is 18.0 Å². The Balaban J connectivity index is 1.40. The van der Waals surface area contributed by atoms with Crippen molar-refractivity contribution in [1.82, 2.24) is 20.1 Å². The van der Waals surface area contributed by atoms with E-state index in [-0.39, 0.29) is 11.7 Å². The van der Waals surface area contributed by atoms with Gasteiger partial charge in [0, 0.05) is 11.3 Å². The van der Waals surface area contributed by atoms with Gasteiger partial charge in [-0.1, -0.05) is 30.0 Å². The average Bonchev–Trinajstić information content (AvgIpc) is 3.64. The highest BCUT2D eigenvalue weighted by molar-refractivity contribution is 7.98. The van der Waals surface area contributed by atoms with Crippen LogP contribution in [0, 0.1) is 5.82 Å². The molecule has 34 heavy (non-hydrogen) atoms. The Bertz CT molecular complexity index is 1380. The minimum absolute atomic E-state index is 0.191. The minimum atomic E-state index is -0.333. The number of aromatic nitrogens is 3. The van der Waals surface area contributed by atoms with Gasteiger partial charge in [0.25, 0.3) is 5.91 Å². The molecule has 0 aliphatic carbocycles. The molecule has 9 heteroatoms. The van der Waals surface area contributed by atoms with E-state index >= 15 is 0 Å². The second kappa shape index (κ2) is 9.80. The summed E-state index contributed by atoms with van der Waals surface area (Å²) in [4.78, 5) is 12.8. The molecule has 0 unspecified atom stereocenters. The summed E-state index contributed by atoms with van der Waals surface area (Å²) in [6, 6.07) is 20.6. The summed E-state index contributed by atoms with van der Waals surface area (Å²) < 4.78 is 26.2. The Kier molecular flexibility index (Phi) is 6.26. The summed E-state index contributed by atoms with van der Waals surface area (Å²) in [6.45, 7) is 0.304. The first-order chi connectivity index (χ1) is 16.7. The van der Waals surface area contributed by atoms with Gasteiger partial charge < -0.3 is 14.2 Å². The van der Waals surface area contributed by atoms with Crippen LogP contribution in [-0.4, -0.2) is 20.7 Å². The number of carbonyl (C=O) groups excluding carboxylic acids is 1. The van der Waals surface area contributed by atoms with Crippen molar-refractivity contribution in [3.05, 3.63) is 108 Å². The van der Waals surface area contributed by atoms with E-state index in [9.17, 15) is 9.18 Å². The molecule has 3 aromatic heterocycles. The van der Waals surface area contributed by atoms with Gasteiger partial charge >= 0.3 is 0 Å². The molecule has 0 spiro atoms. The quantitative estimate of drug-likeness (QED) is 0.300. The number of nitrogens with zero attached hydrogens (tertiary/aromatic N) is 3. The van der Waals surface area contributed by atoms with Crippen molar-refractivity contribution >= 4 is 17.7 Å². The molecular formula is C25H19FN4O3S. The molecule has 0 bridgehead atoms. The lowest BCUT2D eigenvalue weighted by molar-refractivity contribution is 0.0947. The zero-order valence-electron chi connectivity index (χ0n) is 17.8. The molecule has 170 valence electrons. The molecule has 0 saturated heterocycles. The summed E-state index contributed by atoms with van der Waals surface area (Å²) in [5.41, 5.74) is 2.11. The Morgan fingerprint density at radius 3 is 2.50 bits per heavy atom. The van der Waals surface area contributed by atoms with E-state index in [0.29, 0.717) is 46.0 Å². The molecule has 2 aromatic carbocycles. The minimum Gasteiger partial charge on any atom is -0.467 e. The fourth-order valence-electron chi connectivity index (χ4n) is 3.44. The summed E-state index contributed by atoms with van der Waals surface area (Å²) in [6.07, 6.45) is 3.13. The number of furan rings is 2. The first-order valence-corrected chi connectivity index (χ1v) is 11.4. The molecule has 5 rings (SSSR count). The van der Waals surface area contributed by atoms with E-state index in [1.807, 2.05) is 22.8 Å². The molecule has 3 heterocycles. The van der Waals surface area contributed by atoms with Crippen LogP contribution in [0.3, 0.4) is 0 Å². The lowest BCUT2D eigenvalue weighted by atomic mass is 10.1. The maximum atomic E-state index is 13.5. The van der Waals surface area contributed by atoms with Gasteiger partial charge in [-0.05, 0) is 60.2 Å². The number of nitrogens with one attached hydrogen (secondary N) is 1. The monoisotopic (exact) mass is 474 g/mol. The number of benzene rings is 2. The Morgan fingerprint density at radius 1 is 0.941 bits per heavy atom. The van der Waals surface area contributed by atoms with Gasteiger partial charge in [0.1, 0.15) is 11.6 Å². The van der Waals surface area contributed by atoms with Crippen LogP contribution >= 0.6 is 11.8 Å². The number of thioether (sulfide) groups is 1. The average molecular weight is 475 g/mol. The molecule has 0 radical (unpaired) electrons. The largest absolute Gasteiger partial charge is 0.467 e. The summed E-state index contributed by atoms with van der Waals surface area (Å²) in [5.74, 6) is 1.67. The molecule has 0 atom stereocenters. The van der Waals surface area contributed by atoms with Gasteiger partial charge in [-0.25, -0.2) is 4.39 Å². The van der Waals surface area contributed by atoms with Crippen LogP contribution in [-0.2, 0) is 12.3 Å². The SMILES string of the molecule is O=C(NCc1ccco1)c1ccccc1CSc1nnc(-c2ccco2)n1-c1ccc(F)cc1. The number of halogens is 1. The normalized spacial score (nSPS) is 11.0. The fourth-order valence-corrected chi connectivity index (χ4v) is 4.39. The van der Waals surface area contributed by atoms with E-state index in [1.165, 1.54) is 23.9 Å². The summed E-state index contributed by atoms with van der Waals surface area (Å²) in [7, 11) is 0. The Hall–Kier alpha value is -4.11. The standard InChI is InChI=1S/C25H19FN4O3S/c26-18-9-11-19(12-10-18)30-23(22-8-4-14-33-22)28-29-25(30)34-16-17-5-1-2-7-21(17)24(31)27-15-20-6-3-13-32-20/h1-14H,15-16H2,(H,27,31). The Morgan fingerprint density at radius 2 is 1.74 bits per heavy atom. The van der Waals surface area contributed by atoms with Crippen molar-refractivity contribution in [2.24, 2.45) is 0 Å². The highest BCUT2D eigenvalue weighted by Crippen LogP contribution is 2.30. The predicted molar refractivity (Wildman–Crippen MR) is 125 cm³/mol. The van der Waals surface area contributed by atoms with Gasteiger partial charge in [-0.3, -0.25) is 9.36 Å². The molecule has 7 nitrogen and oxygen atoms in total. The van der Waals surface area contributed by atoms with E-state index in [4.69, 9.17) is 8.83 Å². The third kappa shape index (κ3) is 4.65. The van der Waals surface area contributed by atoms with E-state index in [2.05, 4.69) is 15.5 Å². The van der Waals surface area contributed by atoms with Gasteiger partial charge in [-0.2, -0.15) is 0 Å². The topological polar surface area (TPSA) is 86.1 Å². The molecule has 0 fully saturated rings. The van der Waals surface area contributed by atoms with Crippen molar-refractivity contribution in [1.29, 1.82) is 0 Å². The molecular weight excluding hydrogens is 455 g/mol. The number of hydrogen-bond donors (Lipinski definition) is 1. The smallest absolute Gasteiger partial charge is 0.251 e. The van der Waals surface area contributed by atoms with Crippen molar-refractivity contribution in [3.8, 4) is 17.3 Å². The van der Waals surface area contributed by atoms with Crippen LogP contribution in [0.2, 0.25) is 0 Å². The van der Waals surface area contributed by atoms with Crippen molar-refractivity contribution in [3.63, 3.8) is 0 Å². The van der Waals surface area contributed by atoms with Crippen LogP contribution in [0.15, 0.2) is 99.3 Å². The highest BCUT2D eigenvalue weighted by atomic mass is 32.2. The maximum absolute atomic E-state index is 13.5. The van der Waals surface area contributed by atoms with E-state index < -0.39 is 0 Å². The number of carbonyl (C=O) groups is 1. The van der Waals surface area contributed by atoms with Crippen LogP contribution in [0.4, 0.5) is 4.39 Å². The molecule has 1 N–H and O–H groups in total. The summed E-state index contributed by atoms with van der Waals surface area (Å²) in [5, 5.41) is 12.1. The summed E-state index contributed by atoms with van der Waals surface area (Å²) >= 11 is 1.42. The maximum Gasteiger partial charge on any atom is 0.251 e. The van der Waals surface area contributed by atoms with Gasteiger partial charge in [-0.15, -0.1) is 10.2 Å².